The van der Waals surface area contributed by atoms with E-state index >= 15 is 0 Å². The molecule has 1 fully saturated rings. The SMILES string of the molecule is C[C@@H]1CCCCO[C@H](CN(C)C(=O)Nc2ccc(C(F)(F)F)cc2)[C@@H](C)CN([C@@H](C)CO)C(=O)c2cc(NC(=O)NC3CCCCC3)ccc2O1. The zero-order valence-electron chi connectivity index (χ0n) is 29.9. The van der Waals surface area contributed by atoms with Gasteiger partial charge in [-0.2, -0.15) is 13.2 Å². The van der Waals surface area contributed by atoms with E-state index in [1.54, 1.807) is 37.1 Å². The highest BCUT2D eigenvalue weighted by Crippen LogP contribution is 2.31. The van der Waals surface area contributed by atoms with Gasteiger partial charge >= 0.3 is 18.2 Å². The van der Waals surface area contributed by atoms with Crippen LogP contribution < -0.4 is 20.7 Å². The van der Waals surface area contributed by atoms with Crippen molar-refractivity contribution >= 4 is 29.3 Å². The Morgan fingerprint density at radius 1 is 0.980 bits per heavy atom. The number of rotatable bonds is 7. The Balaban J connectivity index is 1.53. The number of nitrogens with zero attached hydrogens (tertiary/aromatic N) is 2. The number of carbonyl (C=O) groups excluding carboxylic acids is 3. The maximum Gasteiger partial charge on any atom is 0.416 e. The van der Waals surface area contributed by atoms with Crippen molar-refractivity contribution in [1.29, 1.82) is 0 Å². The summed E-state index contributed by atoms with van der Waals surface area (Å²) in [7, 11) is 1.56. The average Bonchev–Trinajstić information content (AvgIpc) is 3.09. The molecular weight excluding hydrogens is 667 g/mol. The highest BCUT2D eigenvalue weighted by atomic mass is 19.4. The summed E-state index contributed by atoms with van der Waals surface area (Å²) in [6.45, 7) is 5.93. The van der Waals surface area contributed by atoms with Gasteiger partial charge in [-0.25, -0.2) is 9.59 Å². The fourth-order valence-electron chi connectivity index (χ4n) is 6.38. The van der Waals surface area contributed by atoms with Crippen LogP contribution in [0.4, 0.5) is 34.1 Å². The Morgan fingerprint density at radius 2 is 1.65 bits per heavy atom. The molecule has 2 aromatic carbocycles. The number of fused-ring (bicyclic) bond motifs is 1. The first-order valence-electron chi connectivity index (χ1n) is 17.9. The number of ether oxygens (including phenoxy) is 2. The molecule has 1 aliphatic heterocycles. The number of carbonyl (C=O) groups is 3. The van der Waals surface area contributed by atoms with Gasteiger partial charge in [0.2, 0.25) is 0 Å². The summed E-state index contributed by atoms with van der Waals surface area (Å²) in [5.74, 6) is -0.345. The molecule has 0 bridgehead atoms. The third-order valence-electron chi connectivity index (χ3n) is 9.51. The smallest absolute Gasteiger partial charge is 0.416 e. The molecule has 282 valence electrons. The number of anilines is 2. The van der Waals surface area contributed by atoms with Crippen LogP contribution in [0.5, 0.6) is 5.75 Å². The van der Waals surface area contributed by atoms with Crippen molar-refractivity contribution in [1.82, 2.24) is 15.1 Å². The fourth-order valence-corrected chi connectivity index (χ4v) is 6.38. The first kappa shape index (κ1) is 39.7. The minimum atomic E-state index is -4.49. The number of nitrogens with one attached hydrogen (secondary N) is 3. The van der Waals surface area contributed by atoms with Gasteiger partial charge in [0.1, 0.15) is 5.75 Å². The van der Waals surface area contributed by atoms with E-state index in [1.807, 2.05) is 13.8 Å². The number of aliphatic hydroxyl groups excluding tert-OH is 1. The van der Waals surface area contributed by atoms with E-state index in [2.05, 4.69) is 16.0 Å². The van der Waals surface area contributed by atoms with E-state index in [-0.39, 0.29) is 55.0 Å². The predicted molar refractivity (Wildman–Crippen MR) is 189 cm³/mol. The molecule has 2 aromatic rings. The predicted octanol–water partition coefficient (Wildman–Crippen LogP) is 7.12. The molecule has 1 aliphatic carbocycles. The van der Waals surface area contributed by atoms with Gasteiger partial charge < -0.3 is 40.3 Å². The highest BCUT2D eigenvalue weighted by Gasteiger charge is 2.32. The fraction of sp³-hybridized carbons (Fsp3) is 0.595. The minimum Gasteiger partial charge on any atom is -0.490 e. The monoisotopic (exact) mass is 719 g/mol. The topological polar surface area (TPSA) is 132 Å². The molecule has 51 heavy (non-hydrogen) atoms. The lowest BCUT2D eigenvalue weighted by Crippen LogP contribution is -2.48. The zero-order chi connectivity index (χ0) is 37.1. The Labute approximate surface area is 298 Å². The lowest BCUT2D eigenvalue weighted by molar-refractivity contribution is -0.137. The second kappa shape index (κ2) is 18.5. The molecule has 0 radical (unpaired) electrons. The summed E-state index contributed by atoms with van der Waals surface area (Å²) < 4.78 is 51.6. The molecule has 14 heteroatoms. The first-order valence-corrected chi connectivity index (χ1v) is 17.9. The normalized spacial score (nSPS) is 21.8. The van der Waals surface area contributed by atoms with E-state index in [4.69, 9.17) is 9.47 Å². The van der Waals surface area contributed by atoms with Crippen molar-refractivity contribution in [3.05, 3.63) is 53.6 Å². The van der Waals surface area contributed by atoms with Crippen molar-refractivity contribution in [2.45, 2.75) is 103 Å². The van der Waals surface area contributed by atoms with Crippen LogP contribution in [0.3, 0.4) is 0 Å². The number of hydrogen-bond acceptors (Lipinski definition) is 6. The third kappa shape index (κ3) is 11.7. The lowest BCUT2D eigenvalue weighted by atomic mass is 9.96. The van der Waals surface area contributed by atoms with Crippen molar-refractivity contribution in [3.63, 3.8) is 0 Å². The number of urea groups is 2. The second-order valence-electron chi connectivity index (χ2n) is 13.8. The average molecular weight is 720 g/mol. The van der Waals surface area contributed by atoms with Gasteiger partial charge in [0, 0.05) is 50.1 Å². The summed E-state index contributed by atoms with van der Waals surface area (Å²) in [5, 5.41) is 18.7. The maximum absolute atomic E-state index is 14.4. The molecule has 4 rings (SSSR count). The number of hydrogen-bond donors (Lipinski definition) is 4. The van der Waals surface area contributed by atoms with Gasteiger partial charge in [-0.15, -0.1) is 0 Å². The summed E-state index contributed by atoms with van der Waals surface area (Å²) in [6, 6.07) is 7.84. The van der Waals surface area contributed by atoms with Crippen molar-refractivity contribution < 1.29 is 42.1 Å². The van der Waals surface area contributed by atoms with E-state index in [1.165, 1.54) is 17.0 Å². The summed E-state index contributed by atoms with van der Waals surface area (Å²) in [6.07, 6.45) is 2.12. The standard InChI is InChI=1S/C37H52F3N5O6/c1-24-21-45(25(2)23-46)34(47)31-20-30(42-35(48)41-28-11-6-5-7-12-28)17-18-32(31)51-26(3)10-8-9-19-50-33(24)22-44(4)36(49)43-29-15-13-27(14-16-29)37(38,39)40/h13-18,20,24-26,28,33,46H,5-12,19,21-23H2,1-4H3,(H,43,49)(H2,41,42,48)/t24-,25-,26+,33+/m0/s1. The first-order chi connectivity index (χ1) is 24.2. The molecule has 0 spiro atoms. The van der Waals surface area contributed by atoms with E-state index in [0.717, 1.165) is 57.1 Å². The Kier molecular flexibility index (Phi) is 14.4. The number of halogens is 3. The molecule has 1 heterocycles. The van der Waals surface area contributed by atoms with Crippen LogP contribution in [-0.4, -0.2) is 90.5 Å². The van der Waals surface area contributed by atoms with Crippen LogP contribution in [0, 0.1) is 5.92 Å². The van der Waals surface area contributed by atoms with Gasteiger partial charge in [-0.1, -0.05) is 26.2 Å². The number of benzene rings is 2. The van der Waals surface area contributed by atoms with Gasteiger partial charge in [0.05, 0.1) is 36.0 Å². The molecule has 1 saturated carbocycles. The Bertz CT molecular complexity index is 1450. The molecular formula is C37H52F3N5O6. The van der Waals surface area contributed by atoms with Crippen LogP contribution in [0.1, 0.15) is 88.1 Å². The number of amides is 5. The van der Waals surface area contributed by atoms with E-state index in [0.29, 0.717) is 24.5 Å². The molecule has 0 aromatic heterocycles. The van der Waals surface area contributed by atoms with E-state index < -0.39 is 35.8 Å². The number of alkyl halides is 3. The molecule has 0 unspecified atom stereocenters. The minimum absolute atomic E-state index is 0.106. The molecule has 4 N–H and O–H groups in total. The molecule has 4 atom stereocenters. The van der Waals surface area contributed by atoms with Crippen LogP contribution in [0.25, 0.3) is 0 Å². The third-order valence-corrected chi connectivity index (χ3v) is 9.51. The molecule has 5 amide bonds. The molecule has 2 aliphatic rings. The van der Waals surface area contributed by atoms with Gasteiger partial charge in [0.15, 0.2) is 0 Å². The lowest BCUT2D eigenvalue weighted by Gasteiger charge is -2.35. The van der Waals surface area contributed by atoms with Crippen molar-refractivity contribution in [3.8, 4) is 5.75 Å². The molecule has 0 saturated heterocycles. The number of likely N-dealkylation sites (N-methyl/N-ethyl adjacent to an activating group) is 1. The largest absolute Gasteiger partial charge is 0.490 e. The number of aliphatic hydroxyl groups is 1. The quantitative estimate of drug-likeness (QED) is 0.241. The Hall–Kier alpha value is -4.04. The van der Waals surface area contributed by atoms with Crippen LogP contribution in [-0.2, 0) is 10.9 Å². The summed E-state index contributed by atoms with van der Waals surface area (Å²) in [5.41, 5.74) is 0.0682. The molecule has 11 nitrogen and oxygen atoms in total. The zero-order valence-corrected chi connectivity index (χ0v) is 29.9. The summed E-state index contributed by atoms with van der Waals surface area (Å²) >= 11 is 0. The summed E-state index contributed by atoms with van der Waals surface area (Å²) in [4.78, 5) is 43.3. The second-order valence-corrected chi connectivity index (χ2v) is 13.8. The van der Waals surface area contributed by atoms with Crippen LogP contribution in [0.15, 0.2) is 42.5 Å². The van der Waals surface area contributed by atoms with Crippen LogP contribution >= 0.6 is 0 Å². The van der Waals surface area contributed by atoms with Gasteiger partial charge in [-0.3, -0.25) is 4.79 Å². The van der Waals surface area contributed by atoms with Crippen molar-refractivity contribution in [2.75, 3.05) is 44.0 Å². The van der Waals surface area contributed by atoms with Gasteiger partial charge in [0.25, 0.3) is 5.91 Å². The Morgan fingerprint density at radius 3 is 2.31 bits per heavy atom. The van der Waals surface area contributed by atoms with Gasteiger partial charge in [-0.05, 0) is 88.4 Å². The maximum atomic E-state index is 14.4. The van der Waals surface area contributed by atoms with Crippen LogP contribution in [0.2, 0.25) is 0 Å². The highest BCUT2D eigenvalue weighted by molar-refractivity contribution is 5.99. The van der Waals surface area contributed by atoms with E-state index in [9.17, 15) is 32.7 Å². The van der Waals surface area contributed by atoms with Crippen molar-refractivity contribution in [2.24, 2.45) is 5.92 Å².